The second kappa shape index (κ2) is 11.8. The molecule has 1 N–H and O–H groups in total. The molecule has 38 heavy (non-hydrogen) atoms. The number of carbonyl (C=O) groups is 2. The zero-order chi connectivity index (χ0) is 26.5. The van der Waals surface area contributed by atoms with Gasteiger partial charge < -0.3 is 15.0 Å². The maximum absolute atomic E-state index is 13.3. The SMILES string of the molecule is Cc1ccc(-c2ccc3c(c2)C=C(C(=O)Nc2ccc(CN(C)C4CCOCC4)cc2)CCN3C=O)cc1. The molecule has 2 aliphatic rings. The first kappa shape index (κ1) is 25.9. The minimum atomic E-state index is -0.142. The number of fused-ring (bicyclic) bond motifs is 1. The summed E-state index contributed by atoms with van der Waals surface area (Å²) < 4.78 is 5.48. The van der Waals surface area contributed by atoms with E-state index in [1.807, 2.05) is 30.3 Å². The van der Waals surface area contributed by atoms with Gasteiger partial charge in [-0.2, -0.15) is 0 Å². The fourth-order valence-electron chi connectivity index (χ4n) is 5.21. The van der Waals surface area contributed by atoms with Crippen molar-refractivity contribution in [3.8, 4) is 11.1 Å². The van der Waals surface area contributed by atoms with E-state index >= 15 is 0 Å². The number of benzene rings is 3. The highest BCUT2D eigenvalue weighted by atomic mass is 16.5. The van der Waals surface area contributed by atoms with Crippen molar-refractivity contribution in [2.24, 2.45) is 0 Å². The number of hydrogen-bond acceptors (Lipinski definition) is 4. The van der Waals surface area contributed by atoms with Crippen LogP contribution in [0.2, 0.25) is 0 Å². The first-order chi connectivity index (χ1) is 18.5. The van der Waals surface area contributed by atoms with Crippen molar-refractivity contribution in [1.29, 1.82) is 0 Å². The molecule has 0 spiro atoms. The van der Waals surface area contributed by atoms with Crippen LogP contribution in [0, 0.1) is 6.92 Å². The largest absolute Gasteiger partial charge is 0.381 e. The van der Waals surface area contributed by atoms with Gasteiger partial charge in [0.25, 0.3) is 5.91 Å². The van der Waals surface area contributed by atoms with Crippen molar-refractivity contribution >= 4 is 29.8 Å². The van der Waals surface area contributed by atoms with Crippen LogP contribution < -0.4 is 10.2 Å². The van der Waals surface area contributed by atoms with Gasteiger partial charge in [0.15, 0.2) is 0 Å². The number of carbonyl (C=O) groups excluding carboxylic acids is 2. The highest BCUT2D eigenvalue weighted by Crippen LogP contribution is 2.32. The summed E-state index contributed by atoms with van der Waals surface area (Å²) in [5.74, 6) is -0.142. The Morgan fingerprint density at radius 1 is 1.03 bits per heavy atom. The molecule has 1 saturated heterocycles. The predicted octanol–water partition coefficient (Wildman–Crippen LogP) is 5.66. The third-order valence-corrected chi connectivity index (χ3v) is 7.55. The Kier molecular flexibility index (Phi) is 8.01. The van der Waals surface area contributed by atoms with Crippen LogP contribution in [-0.2, 0) is 20.9 Å². The van der Waals surface area contributed by atoms with Gasteiger partial charge in [0.2, 0.25) is 6.41 Å². The molecule has 5 rings (SSSR count). The average molecular weight is 510 g/mol. The quantitative estimate of drug-likeness (QED) is 0.418. The molecule has 1 fully saturated rings. The van der Waals surface area contributed by atoms with Crippen LogP contribution in [0.1, 0.15) is 36.0 Å². The predicted molar refractivity (Wildman–Crippen MR) is 153 cm³/mol. The zero-order valence-electron chi connectivity index (χ0n) is 22.2. The van der Waals surface area contributed by atoms with E-state index in [0.717, 1.165) is 67.1 Å². The van der Waals surface area contributed by atoms with Crippen LogP contribution in [0.25, 0.3) is 17.2 Å². The molecule has 0 bridgehead atoms. The minimum Gasteiger partial charge on any atom is -0.381 e. The number of nitrogens with zero attached hydrogens (tertiary/aromatic N) is 2. The number of aryl methyl sites for hydroxylation is 1. The maximum Gasteiger partial charge on any atom is 0.251 e. The molecule has 0 unspecified atom stereocenters. The monoisotopic (exact) mass is 509 g/mol. The molecule has 0 aromatic heterocycles. The summed E-state index contributed by atoms with van der Waals surface area (Å²) >= 11 is 0. The van der Waals surface area contributed by atoms with E-state index in [-0.39, 0.29) is 5.91 Å². The molecule has 0 radical (unpaired) electrons. The van der Waals surface area contributed by atoms with Crippen LogP contribution in [0.5, 0.6) is 0 Å². The second-order valence-electron chi connectivity index (χ2n) is 10.3. The Bertz CT molecular complexity index is 1310. The van der Waals surface area contributed by atoms with Gasteiger partial charge in [-0.15, -0.1) is 0 Å². The lowest BCUT2D eigenvalue weighted by Gasteiger charge is -2.31. The molecule has 3 aromatic rings. The lowest BCUT2D eigenvalue weighted by atomic mass is 9.99. The van der Waals surface area contributed by atoms with Gasteiger partial charge in [-0.05, 0) is 85.8 Å². The zero-order valence-corrected chi connectivity index (χ0v) is 22.2. The van der Waals surface area contributed by atoms with E-state index in [2.05, 4.69) is 66.7 Å². The van der Waals surface area contributed by atoms with E-state index in [1.54, 1.807) is 4.90 Å². The summed E-state index contributed by atoms with van der Waals surface area (Å²) in [5.41, 5.74) is 7.66. The van der Waals surface area contributed by atoms with Crippen LogP contribution in [0.15, 0.2) is 72.3 Å². The van der Waals surface area contributed by atoms with Crippen molar-refractivity contribution in [2.45, 2.75) is 38.8 Å². The fraction of sp³-hybridized carbons (Fsp3) is 0.312. The van der Waals surface area contributed by atoms with E-state index in [9.17, 15) is 9.59 Å². The molecule has 6 nitrogen and oxygen atoms in total. The number of ether oxygens (including phenoxy) is 1. The van der Waals surface area contributed by atoms with Gasteiger partial charge >= 0.3 is 0 Å². The summed E-state index contributed by atoms with van der Waals surface area (Å²) in [6, 6.07) is 23.0. The third kappa shape index (κ3) is 6.04. The van der Waals surface area contributed by atoms with Gasteiger partial charge in [0.1, 0.15) is 0 Å². The van der Waals surface area contributed by atoms with Crippen LogP contribution in [0.3, 0.4) is 0 Å². The second-order valence-corrected chi connectivity index (χ2v) is 10.3. The Morgan fingerprint density at radius 3 is 2.45 bits per heavy atom. The molecule has 196 valence electrons. The number of amides is 2. The lowest BCUT2D eigenvalue weighted by molar-refractivity contribution is -0.113. The van der Waals surface area contributed by atoms with Gasteiger partial charge in [-0.1, -0.05) is 48.0 Å². The molecule has 6 heteroatoms. The van der Waals surface area contributed by atoms with E-state index in [4.69, 9.17) is 4.74 Å². The Labute approximate surface area is 224 Å². The fourth-order valence-corrected chi connectivity index (χ4v) is 5.21. The normalized spacial score (nSPS) is 16.0. The summed E-state index contributed by atoms with van der Waals surface area (Å²) in [7, 11) is 2.16. The summed E-state index contributed by atoms with van der Waals surface area (Å²) in [6.45, 7) is 5.05. The van der Waals surface area contributed by atoms with E-state index in [1.165, 1.54) is 11.1 Å². The molecule has 2 heterocycles. The topological polar surface area (TPSA) is 61.9 Å². The molecular formula is C32H35N3O3. The van der Waals surface area contributed by atoms with Crippen LogP contribution >= 0.6 is 0 Å². The number of nitrogens with one attached hydrogen (secondary N) is 1. The molecule has 0 aliphatic carbocycles. The van der Waals surface area contributed by atoms with Gasteiger partial charge in [-0.25, -0.2) is 0 Å². The molecule has 2 aliphatic heterocycles. The first-order valence-corrected chi connectivity index (χ1v) is 13.3. The van der Waals surface area contributed by atoms with Crippen molar-refractivity contribution < 1.29 is 14.3 Å². The van der Waals surface area contributed by atoms with Crippen molar-refractivity contribution in [1.82, 2.24) is 4.90 Å². The third-order valence-electron chi connectivity index (χ3n) is 7.55. The standard InChI is InChI=1S/C32H35N3O3/c1-23-3-7-25(8-4-23)26-9-12-31-28(19-26)20-27(13-16-35(31)22-36)32(37)33-29-10-5-24(6-11-29)21-34(2)30-14-17-38-18-15-30/h3-12,19-20,22,30H,13-18,21H2,1-2H3,(H,33,37). The molecule has 3 aromatic carbocycles. The number of anilines is 2. The lowest BCUT2D eigenvalue weighted by Crippen LogP contribution is -2.36. The first-order valence-electron chi connectivity index (χ1n) is 13.3. The van der Waals surface area contributed by atoms with E-state index in [0.29, 0.717) is 24.6 Å². The van der Waals surface area contributed by atoms with E-state index < -0.39 is 0 Å². The van der Waals surface area contributed by atoms with Crippen LogP contribution in [0.4, 0.5) is 11.4 Å². The summed E-state index contributed by atoms with van der Waals surface area (Å²) in [4.78, 5) is 29.2. The molecule has 0 atom stereocenters. The van der Waals surface area contributed by atoms with Gasteiger partial charge in [0.05, 0.1) is 5.69 Å². The van der Waals surface area contributed by atoms with Crippen molar-refractivity contribution in [2.75, 3.05) is 37.0 Å². The Morgan fingerprint density at radius 2 is 1.74 bits per heavy atom. The van der Waals surface area contributed by atoms with Crippen molar-refractivity contribution in [3.05, 3.63) is 89.0 Å². The summed E-state index contributed by atoms with van der Waals surface area (Å²) in [6.07, 6.45) is 5.37. The van der Waals surface area contributed by atoms with Crippen molar-refractivity contribution in [3.63, 3.8) is 0 Å². The Hall–Kier alpha value is -3.74. The smallest absolute Gasteiger partial charge is 0.251 e. The highest BCUT2D eigenvalue weighted by molar-refractivity contribution is 6.08. The maximum atomic E-state index is 13.3. The molecular weight excluding hydrogens is 474 g/mol. The minimum absolute atomic E-state index is 0.142. The molecule has 2 amide bonds. The average Bonchev–Trinajstić information content (AvgIpc) is 3.14. The molecule has 0 saturated carbocycles. The van der Waals surface area contributed by atoms with Gasteiger partial charge in [-0.3, -0.25) is 14.5 Å². The highest BCUT2D eigenvalue weighted by Gasteiger charge is 2.21. The van der Waals surface area contributed by atoms with Gasteiger partial charge in [0, 0.05) is 43.6 Å². The Balaban J connectivity index is 1.30. The number of rotatable bonds is 7. The number of hydrogen-bond donors (Lipinski definition) is 1. The van der Waals surface area contributed by atoms with Crippen LogP contribution in [-0.4, -0.2) is 50.1 Å². The summed E-state index contributed by atoms with van der Waals surface area (Å²) in [5, 5.41) is 3.06.